The van der Waals surface area contributed by atoms with E-state index in [0.717, 1.165) is 60.9 Å². The van der Waals surface area contributed by atoms with Gasteiger partial charge in [-0.25, -0.2) is 8.42 Å². The topological polar surface area (TPSA) is 86.8 Å². The van der Waals surface area contributed by atoms with E-state index >= 15 is 0 Å². The molecule has 1 saturated carbocycles. The summed E-state index contributed by atoms with van der Waals surface area (Å²) in [6.45, 7) is 2.74. The molecule has 0 bridgehead atoms. The van der Waals surface area contributed by atoms with Crippen molar-refractivity contribution in [3.63, 3.8) is 0 Å². The van der Waals surface area contributed by atoms with Crippen LogP contribution in [0, 0.1) is 13.8 Å². The van der Waals surface area contributed by atoms with Crippen LogP contribution in [0.2, 0.25) is 5.02 Å². The number of carbonyl (C=O) groups is 2. The van der Waals surface area contributed by atoms with Crippen LogP contribution in [0.15, 0.2) is 102 Å². The molecule has 51 heavy (non-hydrogen) atoms. The van der Waals surface area contributed by atoms with Gasteiger partial charge in [0.1, 0.15) is 12.6 Å². The number of hydrogen-bond acceptors (Lipinski definition) is 4. The highest BCUT2D eigenvalue weighted by molar-refractivity contribution is 7.92. The molecular weight excluding hydrogens is 699 g/mol. The largest absolute Gasteiger partial charge is 0.417 e. The van der Waals surface area contributed by atoms with E-state index < -0.39 is 51.0 Å². The molecule has 1 aliphatic rings. The minimum Gasteiger partial charge on any atom is -0.352 e. The summed E-state index contributed by atoms with van der Waals surface area (Å²) in [4.78, 5) is 30.1. The van der Waals surface area contributed by atoms with Gasteiger partial charge in [-0.2, -0.15) is 13.2 Å². The molecule has 0 aliphatic heterocycles. The third-order valence-electron chi connectivity index (χ3n) is 9.13. The summed E-state index contributed by atoms with van der Waals surface area (Å²) in [6.07, 6.45) is -0.163. The summed E-state index contributed by atoms with van der Waals surface area (Å²) in [7, 11) is -4.61. The van der Waals surface area contributed by atoms with Crippen LogP contribution >= 0.6 is 11.6 Å². The van der Waals surface area contributed by atoms with Crippen LogP contribution in [0.25, 0.3) is 0 Å². The highest BCUT2D eigenvalue weighted by atomic mass is 35.5. The van der Waals surface area contributed by atoms with Gasteiger partial charge in [0.25, 0.3) is 10.0 Å². The second-order valence-electron chi connectivity index (χ2n) is 13.0. The number of rotatable bonds is 12. The molecule has 4 aromatic carbocycles. The number of aryl methyl sites for hydroxylation is 2. The van der Waals surface area contributed by atoms with Crippen LogP contribution in [0.5, 0.6) is 0 Å². The Morgan fingerprint density at radius 3 is 2.06 bits per heavy atom. The quantitative estimate of drug-likeness (QED) is 0.159. The molecule has 1 atom stereocenters. The van der Waals surface area contributed by atoms with Gasteiger partial charge < -0.3 is 10.2 Å². The molecule has 12 heteroatoms. The lowest BCUT2D eigenvalue weighted by Gasteiger charge is -2.35. The molecule has 5 rings (SSSR count). The zero-order valence-corrected chi connectivity index (χ0v) is 30.1. The van der Waals surface area contributed by atoms with Gasteiger partial charge in [0.2, 0.25) is 11.8 Å². The summed E-state index contributed by atoms with van der Waals surface area (Å²) < 4.78 is 71.3. The van der Waals surface area contributed by atoms with Gasteiger partial charge in [0.15, 0.2) is 0 Å². The van der Waals surface area contributed by atoms with Crippen LogP contribution in [-0.4, -0.2) is 43.8 Å². The molecular formula is C39H41ClF3N3O4S. The zero-order chi connectivity index (χ0) is 36.8. The molecule has 4 aromatic rings. The van der Waals surface area contributed by atoms with Crippen LogP contribution in [-0.2, 0) is 38.8 Å². The van der Waals surface area contributed by atoms with E-state index in [0.29, 0.717) is 15.9 Å². The van der Waals surface area contributed by atoms with Gasteiger partial charge in [-0.3, -0.25) is 13.9 Å². The maximum absolute atomic E-state index is 14.7. The molecule has 1 unspecified atom stereocenters. The fraction of sp³-hybridized carbons (Fsp3) is 0.333. The number of anilines is 1. The van der Waals surface area contributed by atoms with Crippen LogP contribution in [0.4, 0.5) is 18.9 Å². The van der Waals surface area contributed by atoms with Crippen molar-refractivity contribution < 1.29 is 31.2 Å². The van der Waals surface area contributed by atoms with E-state index in [4.69, 9.17) is 11.6 Å². The smallest absolute Gasteiger partial charge is 0.352 e. The highest BCUT2D eigenvalue weighted by Crippen LogP contribution is 2.38. The number of nitrogens with zero attached hydrogens (tertiary/aromatic N) is 2. The molecule has 0 saturated heterocycles. The molecule has 0 radical (unpaired) electrons. The SMILES string of the molecule is Cc1ccc(CN(C(=O)CN(c2ccc(Cl)c(C(F)(F)F)c2)S(=O)(=O)c2ccc(C)cc2)C(Cc2ccccc2)C(=O)NC2CCCCC2)cc1. The average molecular weight is 740 g/mol. The lowest BCUT2D eigenvalue weighted by atomic mass is 9.94. The molecule has 7 nitrogen and oxygen atoms in total. The van der Waals surface area contributed by atoms with Gasteiger partial charge in [0, 0.05) is 19.0 Å². The van der Waals surface area contributed by atoms with Crippen LogP contribution in [0.3, 0.4) is 0 Å². The molecule has 0 heterocycles. The summed E-state index contributed by atoms with van der Waals surface area (Å²) >= 11 is 5.92. The van der Waals surface area contributed by atoms with Crippen LogP contribution in [0.1, 0.15) is 59.9 Å². The van der Waals surface area contributed by atoms with E-state index in [1.54, 1.807) is 19.1 Å². The number of carbonyl (C=O) groups excluding carboxylic acids is 2. The summed E-state index contributed by atoms with van der Waals surface area (Å²) in [5.74, 6) is -1.15. The minimum absolute atomic E-state index is 0.0540. The van der Waals surface area contributed by atoms with E-state index in [1.165, 1.54) is 17.0 Å². The molecule has 1 fully saturated rings. The van der Waals surface area contributed by atoms with Gasteiger partial charge in [-0.15, -0.1) is 0 Å². The first kappa shape index (κ1) is 37.9. The first-order chi connectivity index (χ1) is 24.2. The second-order valence-corrected chi connectivity index (χ2v) is 15.3. The Labute approximate surface area is 302 Å². The lowest BCUT2D eigenvalue weighted by Crippen LogP contribution is -2.55. The normalized spacial score (nSPS) is 14.5. The Hall–Kier alpha value is -4.35. The Morgan fingerprint density at radius 2 is 1.45 bits per heavy atom. The summed E-state index contributed by atoms with van der Waals surface area (Å²) in [5, 5.41) is 2.52. The standard InChI is InChI=1S/C39H41ClF3N3O4S/c1-27-13-17-30(18-14-27)25-45(36(23-29-9-5-3-6-10-29)38(48)44-31-11-7-4-8-12-31)37(47)26-46(51(49,50)33-20-15-28(2)16-21-33)32-19-22-35(40)34(24-32)39(41,42)43/h3,5-6,9-10,13-22,24,31,36H,4,7-8,11-12,23,25-26H2,1-2H3,(H,44,48). The second kappa shape index (κ2) is 16.3. The molecule has 1 aliphatic carbocycles. The Balaban J connectivity index is 1.61. The molecule has 0 aromatic heterocycles. The monoisotopic (exact) mass is 739 g/mol. The van der Waals surface area contributed by atoms with Crippen molar-refractivity contribution in [3.05, 3.63) is 130 Å². The van der Waals surface area contributed by atoms with Crippen LogP contribution < -0.4 is 9.62 Å². The van der Waals surface area contributed by atoms with Crippen molar-refractivity contribution in [2.24, 2.45) is 0 Å². The van der Waals surface area contributed by atoms with E-state index in [1.807, 2.05) is 61.5 Å². The summed E-state index contributed by atoms with van der Waals surface area (Å²) in [5.41, 5.74) is 1.56. The van der Waals surface area contributed by atoms with Gasteiger partial charge in [-0.05, 0) is 68.1 Å². The number of alkyl halides is 3. The fourth-order valence-electron chi connectivity index (χ4n) is 6.24. The van der Waals surface area contributed by atoms with Gasteiger partial charge in [-0.1, -0.05) is 109 Å². The average Bonchev–Trinajstić information content (AvgIpc) is 3.10. The van der Waals surface area contributed by atoms with Crippen molar-refractivity contribution in [2.75, 3.05) is 10.8 Å². The predicted molar refractivity (Wildman–Crippen MR) is 193 cm³/mol. The van der Waals surface area contributed by atoms with Crippen molar-refractivity contribution in [2.45, 2.75) is 82.1 Å². The predicted octanol–water partition coefficient (Wildman–Crippen LogP) is 8.26. The number of amides is 2. The fourth-order valence-corrected chi connectivity index (χ4v) is 7.87. The van der Waals surface area contributed by atoms with Crippen molar-refractivity contribution in [3.8, 4) is 0 Å². The molecule has 270 valence electrons. The van der Waals surface area contributed by atoms with E-state index in [9.17, 15) is 31.2 Å². The van der Waals surface area contributed by atoms with Gasteiger partial charge in [0.05, 0.1) is 21.2 Å². The molecule has 0 spiro atoms. The van der Waals surface area contributed by atoms with Crippen molar-refractivity contribution in [1.82, 2.24) is 10.2 Å². The van der Waals surface area contributed by atoms with Gasteiger partial charge >= 0.3 is 6.18 Å². The number of benzene rings is 4. The Morgan fingerprint density at radius 1 is 0.843 bits per heavy atom. The first-order valence-corrected chi connectivity index (χ1v) is 18.7. The number of hydrogen-bond donors (Lipinski definition) is 1. The van der Waals surface area contributed by atoms with Crippen molar-refractivity contribution in [1.29, 1.82) is 0 Å². The molecule has 2 amide bonds. The maximum Gasteiger partial charge on any atom is 0.417 e. The third kappa shape index (κ3) is 9.71. The Bertz CT molecular complexity index is 1920. The Kier molecular flexibility index (Phi) is 12.1. The number of sulfonamides is 1. The number of nitrogens with one attached hydrogen (secondary N) is 1. The first-order valence-electron chi connectivity index (χ1n) is 16.9. The zero-order valence-electron chi connectivity index (χ0n) is 28.5. The third-order valence-corrected chi connectivity index (χ3v) is 11.2. The highest BCUT2D eigenvalue weighted by Gasteiger charge is 2.38. The lowest BCUT2D eigenvalue weighted by molar-refractivity contribution is -0.140. The minimum atomic E-state index is -4.90. The maximum atomic E-state index is 14.7. The van der Waals surface area contributed by atoms with E-state index in [-0.39, 0.29) is 29.8 Å². The van der Waals surface area contributed by atoms with Crippen molar-refractivity contribution >= 4 is 39.1 Å². The number of halogens is 4. The van der Waals surface area contributed by atoms with E-state index in [2.05, 4.69) is 5.32 Å². The molecule has 1 N–H and O–H groups in total. The summed E-state index contributed by atoms with van der Waals surface area (Å²) in [6, 6.07) is 23.9.